The maximum absolute atomic E-state index is 11.4. The van der Waals surface area contributed by atoms with Gasteiger partial charge in [-0.1, -0.05) is 34.9 Å². The molecule has 0 radical (unpaired) electrons. The van der Waals surface area contributed by atoms with E-state index in [4.69, 9.17) is 9.79 Å². The molecule has 0 rings (SSSR count). The maximum atomic E-state index is 11.4. The molecule has 140 valence electrons. The molecule has 1 unspecified atom stereocenters. The van der Waals surface area contributed by atoms with Gasteiger partial charge in [0, 0.05) is 5.75 Å². The number of allylic oxidation sites excluding steroid dienone is 5. The lowest BCUT2D eigenvalue weighted by Crippen LogP contribution is -1.86. The Bertz CT molecular complexity index is 573. The van der Waals surface area contributed by atoms with Crippen molar-refractivity contribution < 1.29 is 28.1 Å². The van der Waals surface area contributed by atoms with Crippen molar-refractivity contribution in [2.45, 2.75) is 53.4 Å². The standard InChI is InChI=1S/C15H28O6P2S/c1-13(2)7-5-8-14(3)9-6-10-15(4)11-12-24-23(19,20)21-22(16,17)18/h7,9,11H,5-6,8,10,12H2,1-4H3,(H,19,20)(H2,16,17,18)/b14-9+,15-11-. The molecule has 0 aliphatic carbocycles. The van der Waals surface area contributed by atoms with Gasteiger partial charge in [-0.05, 0) is 64.8 Å². The van der Waals surface area contributed by atoms with Gasteiger partial charge < -0.3 is 14.7 Å². The SMILES string of the molecule is CC(C)=CCC/C(C)=C/CC/C(C)=C\CSP(=O)(O)OP(=O)(O)O. The topological polar surface area (TPSA) is 104 Å². The molecule has 0 spiro atoms. The highest BCUT2D eigenvalue weighted by molar-refractivity contribution is 8.55. The molecular formula is C15H28O6P2S. The summed E-state index contributed by atoms with van der Waals surface area (Å²) in [7, 11) is -4.96. The van der Waals surface area contributed by atoms with Gasteiger partial charge in [-0.2, -0.15) is 4.31 Å². The lowest BCUT2D eigenvalue weighted by atomic mass is 10.1. The average molecular weight is 398 g/mol. The zero-order valence-corrected chi connectivity index (χ0v) is 17.2. The van der Waals surface area contributed by atoms with Crippen LogP contribution >= 0.6 is 26.0 Å². The van der Waals surface area contributed by atoms with E-state index in [1.54, 1.807) is 6.08 Å². The van der Waals surface area contributed by atoms with E-state index in [0.29, 0.717) is 11.4 Å². The summed E-state index contributed by atoms with van der Waals surface area (Å²) in [5.41, 5.74) is 3.71. The summed E-state index contributed by atoms with van der Waals surface area (Å²) in [6, 6.07) is 0. The van der Waals surface area contributed by atoms with Crippen LogP contribution in [0.25, 0.3) is 0 Å². The van der Waals surface area contributed by atoms with E-state index in [-0.39, 0.29) is 5.75 Å². The molecule has 0 aromatic heterocycles. The summed E-state index contributed by atoms with van der Waals surface area (Å²) in [4.78, 5) is 26.4. The number of hydrogen-bond donors (Lipinski definition) is 3. The molecule has 0 aliphatic rings. The molecule has 0 aromatic carbocycles. The van der Waals surface area contributed by atoms with Crippen LogP contribution in [0.2, 0.25) is 0 Å². The Balaban J connectivity index is 4.18. The van der Waals surface area contributed by atoms with Crippen molar-refractivity contribution in [2.24, 2.45) is 0 Å². The number of rotatable bonds is 11. The lowest BCUT2D eigenvalue weighted by molar-refractivity contribution is 0.270. The Morgan fingerprint density at radius 2 is 1.42 bits per heavy atom. The molecule has 0 bridgehead atoms. The van der Waals surface area contributed by atoms with E-state index in [0.717, 1.165) is 31.3 Å². The molecule has 1 atom stereocenters. The summed E-state index contributed by atoms with van der Waals surface area (Å²) in [6.07, 6.45) is 9.98. The van der Waals surface area contributed by atoms with Gasteiger partial charge in [-0.25, -0.2) is 9.13 Å². The van der Waals surface area contributed by atoms with Gasteiger partial charge in [-0.15, -0.1) is 0 Å². The minimum absolute atomic E-state index is 0.156. The van der Waals surface area contributed by atoms with E-state index < -0.39 is 14.6 Å². The number of hydrogen-bond acceptors (Lipinski definition) is 4. The first-order valence-electron chi connectivity index (χ1n) is 7.60. The van der Waals surface area contributed by atoms with Gasteiger partial charge in [0.1, 0.15) is 0 Å². The molecule has 6 nitrogen and oxygen atoms in total. The molecule has 0 aliphatic heterocycles. The Morgan fingerprint density at radius 1 is 0.917 bits per heavy atom. The fourth-order valence-electron chi connectivity index (χ4n) is 1.77. The molecule has 0 saturated carbocycles. The second-order valence-corrected chi connectivity index (χ2v) is 11.1. The van der Waals surface area contributed by atoms with Crippen LogP contribution < -0.4 is 0 Å². The molecule has 0 amide bonds. The Kier molecular flexibility index (Phi) is 11.4. The molecule has 24 heavy (non-hydrogen) atoms. The quantitative estimate of drug-likeness (QED) is 0.318. The normalized spacial score (nSPS) is 16.0. The first-order chi connectivity index (χ1) is 10.9. The van der Waals surface area contributed by atoms with Crippen LogP contribution in [0.4, 0.5) is 0 Å². The largest absolute Gasteiger partial charge is 0.477 e. The third kappa shape index (κ3) is 15.4. The Labute approximate surface area is 148 Å². The van der Waals surface area contributed by atoms with Crippen molar-refractivity contribution in [3.8, 4) is 0 Å². The second kappa shape index (κ2) is 11.5. The average Bonchev–Trinajstić information content (AvgIpc) is 2.34. The highest BCUT2D eigenvalue weighted by atomic mass is 32.7. The predicted octanol–water partition coefficient (Wildman–Crippen LogP) is 5.35. The van der Waals surface area contributed by atoms with Crippen molar-refractivity contribution in [3.63, 3.8) is 0 Å². The predicted molar refractivity (Wildman–Crippen MR) is 101 cm³/mol. The maximum Gasteiger partial charge on any atom is 0.477 e. The monoisotopic (exact) mass is 398 g/mol. The van der Waals surface area contributed by atoms with E-state index in [9.17, 15) is 14.0 Å². The van der Waals surface area contributed by atoms with Crippen LogP contribution in [0.5, 0.6) is 0 Å². The van der Waals surface area contributed by atoms with Gasteiger partial charge in [0.25, 0.3) is 0 Å². The van der Waals surface area contributed by atoms with Crippen LogP contribution in [-0.4, -0.2) is 20.4 Å². The third-order valence-electron chi connectivity index (χ3n) is 3.00. The summed E-state index contributed by atoms with van der Waals surface area (Å²) in [5, 5.41) is 0. The minimum atomic E-state index is -4.96. The van der Waals surface area contributed by atoms with Crippen LogP contribution in [-0.2, 0) is 13.4 Å². The molecule has 9 heteroatoms. The van der Waals surface area contributed by atoms with E-state index in [1.807, 2.05) is 6.92 Å². The van der Waals surface area contributed by atoms with E-state index >= 15 is 0 Å². The van der Waals surface area contributed by atoms with E-state index in [2.05, 4.69) is 37.2 Å². The third-order valence-corrected chi connectivity index (χ3v) is 7.35. The molecule has 0 heterocycles. The second-order valence-electron chi connectivity index (χ2n) is 5.80. The fraction of sp³-hybridized carbons (Fsp3) is 0.600. The molecular weight excluding hydrogens is 370 g/mol. The summed E-state index contributed by atoms with van der Waals surface area (Å²) in [5.74, 6) is 0.156. The van der Waals surface area contributed by atoms with Gasteiger partial charge in [0.05, 0.1) is 0 Å². The summed E-state index contributed by atoms with van der Waals surface area (Å²) in [6.45, 7) is 3.85. The highest BCUT2D eigenvalue weighted by Crippen LogP contribution is 2.64. The smallest absolute Gasteiger partial charge is 0.316 e. The van der Waals surface area contributed by atoms with Crippen LogP contribution in [0, 0.1) is 0 Å². The molecule has 0 aromatic rings. The number of phosphoric acid groups is 1. The van der Waals surface area contributed by atoms with Crippen molar-refractivity contribution >= 4 is 26.0 Å². The molecule has 0 fully saturated rings. The van der Waals surface area contributed by atoms with Crippen molar-refractivity contribution in [1.82, 2.24) is 0 Å². The van der Waals surface area contributed by atoms with Crippen LogP contribution in [0.1, 0.15) is 53.4 Å². The van der Waals surface area contributed by atoms with E-state index in [1.165, 1.54) is 11.1 Å². The van der Waals surface area contributed by atoms with Gasteiger partial charge in [-0.3, -0.25) is 0 Å². The zero-order chi connectivity index (χ0) is 18.8. The summed E-state index contributed by atoms with van der Waals surface area (Å²) < 4.78 is 25.9. The van der Waals surface area contributed by atoms with Crippen molar-refractivity contribution in [3.05, 3.63) is 34.9 Å². The van der Waals surface area contributed by atoms with Crippen molar-refractivity contribution in [1.29, 1.82) is 0 Å². The van der Waals surface area contributed by atoms with Gasteiger partial charge >= 0.3 is 14.6 Å². The van der Waals surface area contributed by atoms with Gasteiger partial charge in [0.15, 0.2) is 0 Å². The first kappa shape index (κ1) is 23.9. The van der Waals surface area contributed by atoms with Crippen molar-refractivity contribution in [2.75, 3.05) is 5.75 Å². The fourth-order valence-corrected chi connectivity index (χ4v) is 5.58. The van der Waals surface area contributed by atoms with Crippen LogP contribution in [0.3, 0.4) is 0 Å². The molecule has 0 saturated heterocycles. The highest BCUT2D eigenvalue weighted by Gasteiger charge is 2.30. The van der Waals surface area contributed by atoms with Crippen LogP contribution in [0.15, 0.2) is 34.9 Å². The Morgan fingerprint density at radius 3 is 1.92 bits per heavy atom. The minimum Gasteiger partial charge on any atom is -0.316 e. The summed E-state index contributed by atoms with van der Waals surface area (Å²) >= 11 is 0.486. The van der Waals surface area contributed by atoms with Gasteiger partial charge in [0.2, 0.25) is 0 Å². The zero-order valence-electron chi connectivity index (χ0n) is 14.6. The first-order valence-corrected chi connectivity index (χ1v) is 12.3. The lowest BCUT2D eigenvalue weighted by Gasteiger charge is -2.10. The molecule has 3 N–H and O–H groups in total. The Hall–Kier alpha value is -0.130.